The molecule has 2 atom stereocenters. The van der Waals surface area contributed by atoms with Crippen molar-refractivity contribution in [2.45, 2.75) is 45.6 Å². The summed E-state index contributed by atoms with van der Waals surface area (Å²) >= 11 is 0. The highest BCUT2D eigenvalue weighted by Gasteiger charge is 2.42. The van der Waals surface area contributed by atoms with E-state index < -0.39 is 0 Å². The van der Waals surface area contributed by atoms with Crippen LogP contribution in [0.5, 0.6) is 5.88 Å². The van der Waals surface area contributed by atoms with Gasteiger partial charge in [0.1, 0.15) is 12.1 Å². The molecule has 0 saturated carbocycles. The molecular formula is C17H28N4O. The lowest BCUT2D eigenvalue weighted by Gasteiger charge is -2.41. The summed E-state index contributed by atoms with van der Waals surface area (Å²) in [5, 5.41) is 0. The van der Waals surface area contributed by atoms with Crippen LogP contribution in [0.4, 0.5) is 5.82 Å². The molecule has 2 fully saturated rings. The molecule has 5 nitrogen and oxygen atoms in total. The molecule has 2 saturated heterocycles. The van der Waals surface area contributed by atoms with Crippen LogP contribution in [0.3, 0.4) is 0 Å². The van der Waals surface area contributed by atoms with E-state index in [9.17, 15) is 0 Å². The van der Waals surface area contributed by atoms with Gasteiger partial charge in [-0.15, -0.1) is 0 Å². The minimum Gasteiger partial charge on any atom is -0.481 e. The molecule has 0 radical (unpaired) electrons. The maximum absolute atomic E-state index is 5.24. The smallest absolute Gasteiger partial charge is 0.218 e. The van der Waals surface area contributed by atoms with E-state index in [4.69, 9.17) is 4.74 Å². The Hall–Kier alpha value is -1.36. The van der Waals surface area contributed by atoms with E-state index in [1.165, 1.54) is 38.8 Å². The number of methoxy groups -OCH3 is 1. The summed E-state index contributed by atoms with van der Waals surface area (Å²) in [4.78, 5) is 13.7. The maximum atomic E-state index is 5.24. The van der Waals surface area contributed by atoms with Gasteiger partial charge in [-0.1, -0.05) is 6.92 Å². The molecule has 22 heavy (non-hydrogen) atoms. The molecule has 0 amide bonds. The van der Waals surface area contributed by atoms with Crippen molar-refractivity contribution in [3.05, 3.63) is 12.4 Å². The van der Waals surface area contributed by atoms with Crippen LogP contribution in [0.15, 0.2) is 12.4 Å². The molecular weight excluding hydrogens is 276 g/mol. The first-order chi connectivity index (χ1) is 10.7. The third-order valence-electron chi connectivity index (χ3n) is 5.50. The van der Waals surface area contributed by atoms with E-state index in [2.05, 4.69) is 33.6 Å². The highest BCUT2D eigenvalue weighted by Crippen LogP contribution is 2.40. The number of likely N-dealkylation sites (tertiary alicyclic amines) is 1. The lowest BCUT2D eigenvalue weighted by Crippen LogP contribution is -2.46. The molecule has 122 valence electrons. The molecule has 0 aliphatic carbocycles. The number of hydrogen-bond donors (Lipinski definition) is 0. The highest BCUT2D eigenvalue weighted by molar-refractivity contribution is 5.41. The van der Waals surface area contributed by atoms with E-state index in [1.807, 2.05) is 6.07 Å². The Morgan fingerprint density at radius 2 is 2.14 bits per heavy atom. The Kier molecular flexibility index (Phi) is 4.52. The summed E-state index contributed by atoms with van der Waals surface area (Å²) in [5.41, 5.74) is 0.444. The summed E-state index contributed by atoms with van der Waals surface area (Å²) in [7, 11) is 1.66. The number of hydrogen-bond acceptors (Lipinski definition) is 5. The molecule has 5 heteroatoms. The van der Waals surface area contributed by atoms with E-state index in [1.54, 1.807) is 13.4 Å². The van der Waals surface area contributed by atoms with Crippen LogP contribution in [0.2, 0.25) is 0 Å². The fourth-order valence-electron chi connectivity index (χ4n) is 3.96. The quantitative estimate of drug-likeness (QED) is 0.855. The lowest BCUT2D eigenvalue weighted by atomic mass is 9.79. The molecule has 2 unspecified atom stereocenters. The predicted octanol–water partition coefficient (Wildman–Crippen LogP) is 2.58. The largest absolute Gasteiger partial charge is 0.481 e. The van der Waals surface area contributed by atoms with Crippen LogP contribution in [0.25, 0.3) is 0 Å². The van der Waals surface area contributed by atoms with Crippen molar-refractivity contribution >= 4 is 5.82 Å². The van der Waals surface area contributed by atoms with Crippen molar-refractivity contribution in [3.8, 4) is 5.88 Å². The molecule has 0 aromatic carbocycles. The van der Waals surface area contributed by atoms with Crippen LogP contribution >= 0.6 is 0 Å². The molecule has 1 spiro atoms. The van der Waals surface area contributed by atoms with Gasteiger partial charge in [-0.25, -0.2) is 9.97 Å². The van der Waals surface area contributed by atoms with Crippen LogP contribution < -0.4 is 9.64 Å². The number of nitrogens with zero attached hydrogens (tertiary/aromatic N) is 4. The first-order valence-electron chi connectivity index (χ1n) is 8.51. The van der Waals surface area contributed by atoms with Crippen LogP contribution in [0, 0.1) is 5.41 Å². The molecule has 1 aromatic rings. The average Bonchev–Trinajstić information content (AvgIpc) is 2.97. The van der Waals surface area contributed by atoms with Gasteiger partial charge in [0.15, 0.2) is 0 Å². The van der Waals surface area contributed by atoms with Gasteiger partial charge >= 0.3 is 0 Å². The van der Waals surface area contributed by atoms with Crippen LogP contribution in [-0.4, -0.2) is 54.2 Å². The Morgan fingerprint density at radius 1 is 1.27 bits per heavy atom. The van der Waals surface area contributed by atoms with E-state index in [0.29, 0.717) is 17.3 Å². The second-order valence-corrected chi connectivity index (χ2v) is 6.92. The van der Waals surface area contributed by atoms with Crippen molar-refractivity contribution in [3.63, 3.8) is 0 Å². The topological polar surface area (TPSA) is 41.5 Å². The minimum absolute atomic E-state index is 0.444. The summed E-state index contributed by atoms with van der Waals surface area (Å²) in [6.07, 6.45) is 6.76. The standard InChI is InChI=1S/C17H28N4O/c1-4-14(2)20-9-7-17(11-20)6-5-8-21(12-17)15-10-16(22-3)19-13-18-15/h10,13-14H,4-9,11-12H2,1-3H3. The van der Waals surface area contributed by atoms with Crippen LogP contribution in [0.1, 0.15) is 39.5 Å². The van der Waals surface area contributed by atoms with Gasteiger partial charge in [-0.3, -0.25) is 0 Å². The van der Waals surface area contributed by atoms with Gasteiger partial charge in [-0.05, 0) is 39.2 Å². The zero-order valence-corrected chi connectivity index (χ0v) is 14.1. The van der Waals surface area contributed by atoms with Crippen molar-refractivity contribution in [2.24, 2.45) is 5.41 Å². The molecule has 0 N–H and O–H groups in total. The zero-order valence-electron chi connectivity index (χ0n) is 14.1. The second-order valence-electron chi connectivity index (χ2n) is 6.92. The Bertz CT molecular complexity index is 509. The summed E-state index contributed by atoms with van der Waals surface area (Å²) in [6, 6.07) is 2.66. The molecule has 2 aliphatic heterocycles. The molecule has 3 rings (SSSR count). The second kappa shape index (κ2) is 6.41. The SMILES string of the molecule is CCC(C)N1CCC2(CCCN(c3cc(OC)ncn3)C2)C1. The third-order valence-corrected chi connectivity index (χ3v) is 5.50. The van der Waals surface area contributed by atoms with Crippen molar-refractivity contribution in [1.29, 1.82) is 0 Å². The van der Waals surface area contributed by atoms with Crippen molar-refractivity contribution in [1.82, 2.24) is 14.9 Å². The fraction of sp³-hybridized carbons (Fsp3) is 0.765. The lowest BCUT2D eigenvalue weighted by molar-refractivity contribution is 0.188. The van der Waals surface area contributed by atoms with Gasteiger partial charge in [0.05, 0.1) is 7.11 Å². The number of ether oxygens (including phenoxy) is 1. The van der Waals surface area contributed by atoms with E-state index in [0.717, 1.165) is 18.9 Å². The fourth-order valence-corrected chi connectivity index (χ4v) is 3.96. The van der Waals surface area contributed by atoms with Gasteiger partial charge in [0, 0.05) is 37.2 Å². The van der Waals surface area contributed by atoms with Crippen LogP contribution in [-0.2, 0) is 0 Å². The zero-order chi connectivity index (χ0) is 15.6. The number of anilines is 1. The van der Waals surface area contributed by atoms with E-state index in [-0.39, 0.29) is 0 Å². The normalized spacial score (nSPS) is 27.3. The minimum atomic E-state index is 0.444. The number of rotatable bonds is 4. The Balaban J connectivity index is 1.72. The number of aromatic nitrogens is 2. The van der Waals surface area contributed by atoms with Gasteiger partial charge in [0.2, 0.25) is 5.88 Å². The van der Waals surface area contributed by atoms with Gasteiger partial charge in [-0.2, -0.15) is 0 Å². The van der Waals surface area contributed by atoms with E-state index >= 15 is 0 Å². The molecule has 2 aliphatic rings. The Labute approximate surface area is 133 Å². The Morgan fingerprint density at radius 3 is 2.91 bits per heavy atom. The maximum Gasteiger partial charge on any atom is 0.218 e. The average molecular weight is 304 g/mol. The summed E-state index contributed by atoms with van der Waals surface area (Å²) in [6.45, 7) is 9.33. The molecule has 1 aromatic heterocycles. The molecule has 0 bridgehead atoms. The summed E-state index contributed by atoms with van der Waals surface area (Å²) < 4.78 is 5.24. The monoisotopic (exact) mass is 304 g/mol. The third kappa shape index (κ3) is 3.05. The first-order valence-corrected chi connectivity index (χ1v) is 8.51. The van der Waals surface area contributed by atoms with Gasteiger partial charge in [0.25, 0.3) is 0 Å². The predicted molar refractivity (Wildman–Crippen MR) is 88.4 cm³/mol. The van der Waals surface area contributed by atoms with Crippen molar-refractivity contribution in [2.75, 3.05) is 38.2 Å². The molecule has 3 heterocycles. The first kappa shape index (κ1) is 15.5. The van der Waals surface area contributed by atoms with Gasteiger partial charge < -0.3 is 14.5 Å². The highest BCUT2D eigenvalue weighted by atomic mass is 16.5. The summed E-state index contributed by atoms with van der Waals surface area (Å²) in [5.74, 6) is 1.66. The number of piperidine rings is 1. The van der Waals surface area contributed by atoms with Crippen molar-refractivity contribution < 1.29 is 4.74 Å².